The van der Waals surface area contributed by atoms with Crippen LogP contribution >= 0.6 is 15.9 Å². The largest absolute Gasteiger partial charge is 0.437 e. The summed E-state index contributed by atoms with van der Waals surface area (Å²) in [6.45, 7) is 3.77. The molecule has 0 bridgehead atoms. The second-order valence-electron chi connectivity index (χ2n) is 3.93. The minimum absolute atomic E-state index is 0.228. The molecule has 0 atom stereocenters. The van der Waals surface area contributed by atoms with Crippen LogP contribution in [-0.2, 0) is 0 Å². The number of aryl methyl sites for hydroxylation is 2. The number of aromatic nitrogens is 2. The molecule has 0 aliphatic rings. The van der Waals surface area contributed by atoms with Crippen LogP contribution in [0.5, 0.6) is 11.6 Å². The van der Waals surface area contributed by atoms with Gasteiger partial charge in [-0.05, 0) is 53.0 Å². The van der Waals surface area contributed by atoms with E-state index < -0.39 is 0 Å². The molecule has 2 aromatic rings. The van der Waals surface area contributed by atoms with Crippen molar-refractivity contribution < 1.29 is 4.74 Å². The molecular formula is C12H12BrN3O2. The van der Waals surface area contributed by atoms with Gasteiger partial charge in [0.25, 0.3) is 5.56 Å². The maximum Gasteiger partial charge on any atom is 0.268 e. The number of rotatable bonds is 2. The number of hydrogen-bond donors (Lipinski definition) is 2. The van der Waals surface area contributed by atoms with E-state index in [1.54, 1.807) is 0 Å². The second kappa shape index (κ2) is 4.81. The van der Waals surface area contributed by atoms with Crippen LogP contribution in [0.3, 0.4) is 0 Å². The van der Waals surface area contributed by atoms with Crippen molar-refractivity contribution in [2.45, 2.75) is 13.8 Å². The summed E-state index contributed by atoms with van der Waals surface area (Å²) in [4.78, 5) is 17.8. The van der Waals surface area contributed by atoms with Gasteiger partial charge < -0.3 is 15.5 Å². The molecule has 0 aliphatic heterocycles. The molecule has 2 rings (SSSR count). The van der Waals surface area contributed by atoms with Crippen LogP contribution < -0.4 is 16.0 Å². The number of benzene rings is 1. The van der Waals surface area contributed by atoms with Gasteiger partial charge in [0.05, 0.1) is 6.33 Å². The van der Waals surface area contributed by atoms with Crippen LogP contribution in [0.2, 0.25) is 0 Å². The molecule has 0 aliphatic carbocycles. The highest BCUT2D eigenvalue weighted by Crippen LogP contribution is 2.29. The Morgan fingerprint density at radius 3 is 2.78 bits per heavy atom. The Labute approximate surface area is 112 Å². The van der Waals surface area contributed by atoms with Crippen molar-refractivity contribution in [3.8, 4) is 11.6 Å². The van der Waals surface area contributed by atoms with Gasteiger partial charge in [0, 0.05) is 5.69 Å². The van der Waals surface area contributed by atoms with Crippen molar-refractivity contribution in [1.29, 1.82) is 0 Å². The molecule has 0 radical (unpaired) electrons. The zero-order valence-electron chi connectivity index (χ0n) is 9.95. The first kappa shape index (κ1) is 12.6. The molecule has 5 nitrogen and oxygen atoms in total. The monoisotopic (exact) mass is 309 g/mol. The topological polar surface area (TPSA) is 81.0 Å². The third-order valence-corrected chi connectivity index (χ3v) is 3.23. The Hall–Kier alpha value is -1.82. The first-order chi connectivity index (χ1) is 8.49. The first-order valence-electron chi connectivity index (χ1n) is 5.27. The van der Waals surface area contributed by atoms with E-state index in [0.717, 1.165) is 11.1 Å². The van der Waals surface area contributed by atoms with Crippen molar-refractivity contribution in [2.75, 3.05) is 5.73 Å². The predicted molar refractivity (Wildman–Crippen MR) is 73.0 cm³/mol. The summed E-state index contributed by atoms with van der Waals surface area (Å²) >= 11 is 3.14. The van der Waals surface area contributed by atoms with Gasteiger partial charge in [-0.15, -0.1) is 0 Å². The lowest BCUT2D eigenvalue weighted by Gasteiger charge is -2.11. The number of ether oxygens (including phenoxy) is 1. The van der Waals surface area contributed by atoms with Crippen molar-refractivity contribution in [3.63, 3.8) is 0 Å². The van der Waals surface area contributed by atoms with Crippen molar-refractivity contribution in [1.82, 2.24) is 9.97 Å². The minimum atomic E-state index is -0.287. The molecule has 0 spiro atoms. The van der Waals surface area contributed by atoms with Crippen LogP contribution in [0.4, 0.5) is 5.69 Å². The fourth-order valence-electron chi connectivity index (χ4n) is 1.46. The molecule has 18 heavy (non-hydrogen) atoms. The molecule has 0 saturated carbocycles. The minimum Gasteiger partial charge on any atom is -0.437 e. The average molecular weight is 310 g/mol. The van der Waals surface area contributed by atoms with Gasteiger partial charge in [-0.25, -0.2) is 4.98 Å². The van der Waals surface area contributed by atoms with E-state index in [1.165, 1.54) is 6.33 Å². The molecule has 1 aromatic heterocycles. The Morgan fingerprint density at radius 1 is 1.33 bits per heavy atom. The van der Waals surface area contributed by atoms with E-state index >= 15 is 0 Å². The fourth-order valence-corrected chi connectivity index (χ4v) is 1.76. The van der Waals surface area contributed by atoms with Gasteiger partial charge in [-0.1, -0.05) is 0 Å². The molecule has 0 amide bonds. The van der Waals surface area contributed by atoms with E-state index in [1.807, 2.05) is 26.0 Å². The molecular weight excluding hydrogens is 298 g/mol. The quantitative estimate of drug-likeness (QED) is 0.835. The number of nitrogen functional groups attached to an aromatic ring is 1. The number of nitrogens with one attached hydrogen (secondary N) is 1. The first-order valence-corrected chi connectivity index (χ1v) is 6.06. The lowest BCUT2D eigenvalue weighted by Crippen LogP contribution is -2.08. The summed E-state index contributed by atoms with van der Waals surface area (Å²) in [6, 6.07) is 3.64. The molecule has 1 aromatic carbocycles. The zero-order chi connectivity index (χ0) is 13.3. The van der Waals surface area contributed by atoms with Crippen LogP contribution in [0.1, 0.15) is 11.1 Å². The SMILES string of the molecule is Cc1cc(Oc2nc[nH]c(=O)c2Br)c(C)cc1N. The van der Waals surface area contributed by atoms with Crippen molar-refractivity contribution in [3.05, 3.63) is 44.4 Å². The van der Waals surface area contributed by atoms with E-state index in [2.05, 4.69) is 25.9 Å². The number of nitrogens with zero attached hydrogens (tertiary/aromatic N) is 1. The second-order valence-corrected chi connectivity index (χ2v) is 4.72. The zero-order valence-corrected chi connectivity index (χ0v) is 11.5. The molecule has 1 heterocycles. The molecule has 0 unspecified atom stereocenters. The smallest absolute Gasteiger partial charge is 0.268 e. The third-order valence-electron chi connectivity index (χ3n) is 2.53. The number of nitrogens with two attached hydrogens (primary N) is 1. The van der Waals surface area contributed by atoms with E-state index in [0.29, 0.717) is 11.4 Å². The number of H-pyrrole nitrogens is 1. The highest BCUT2D eigenvalue weighted by Gasteiger charge is 2.10. The van der Waals surface area contributed by atoms with E-state index in [-0.39, 0.29) is 15.9 Å². The molecule has 3 N–H and O–H groups in total. The van der Waals surface area contributed by atoms with Crippen LogP contribution in [0, 0.1) is 13.8 Å². The number of anilines is 1. The van der Waals surface area contributed by atoms with Crippen molar-refractivity contribution >= 4 is 21.6 Å². The number of hydrogen-bond acceptors (Lipinski definition) is 4. The normalized spacial score (nSPS) is 10.4. The highest BCUT2D eigenvalue weighted by atomic mass is 79.9. The summed E-state index contributed by atoms with van der Waals surface area (Å²) < 4.78 is 5.89. The lowest BCUT2D eigenvalue weighted by atomic mass is 10.1. The van der Waals surface area contributed by atoms with E-state index in [4.69, 9.17) is 10.5 Å². The predicted octanol–water partition coefficient (Wildman–Crippen LogP) is 2.52. The third kappa shape index (κ3) is 2.38. The molecule has 0 fully saturated rings. The van der Waals surface area contributed by atoms with Crippen LogP contribution in [-0.4, -0.2) is 9.97 Å². The Kier molecular flexibility index (Phi) is 3.38. The highest BCUT2D eigenvalue weighted by molar-refractivity contribution is 9.10. The Bertz CT molecular complexity index is 652. The Morgan fingerprint density at radius 2 is 2.06 bits per heavy atom. The van der Waals surface area contributed by atoms with Gasteiger partial charge in [-0.2, -0.15) is 0 Å². The summed E-state index contributed by atoms with van der Waals surface area (Å²) in [6.07, 6.45) is 1.29. The summed E-state index contributed by atoms with van der Waals surface area (Å²) in [5.74, 6) is 0.853. The fraction of sp³-hybridized carbons (Fsp3) is 0.167. The van der Waals surface area contributed by atoms with Crippen LogP contribution in [0.25, 0.3) is 0 Å². The van der Waals surface area contributed by atoms with Gasteiger partial charge in [-0.3, -0.25) is 4.79 Å². The lowest BCUT2D eigenvalue weighted by molar-refractivity contribution is 0.453. The molecule has 94 valence electrons. The number of halogens is 1. The van der Waals surface area contributed by atoms with Gasteiger partial charge >= 0.3 is 0 Å². The Balaban J connectivity index is 2.43. The van der Waals surface area contributed by atoms with Crippen LogP contribution in [0.15, 0.2) is 27.7 Å². The average Bonchev–Trinajstić information content (AvgIpc) is 2.32. The standard InChI is InChI=1S/C12H12BrN3O2/c1-6-4-9(7(2)3-8(6)14)18-12-10(13)11(17)15-5-16-12/h3-5H,14H2,1-2H3,(H,15,16,17). The summed E-state index contributed by atoms with van der Waals surface area (Å²) in [5, 5.41) is 0. The maximum absolute atomic E-state index is 11.4. The number of aromatic amines is 1. The molecule has 6 heteroatoms. The van der Waals surface area contributed by atoms with E-state index in [9.17, 15) is 4.79 Å². The van der Waals surface area contributed by atoms with Gasteiger partial charge in [0.1, 0.15) is 10.2 Å². The van der Waals surface area contributed by atoms with Crippen molar-refractivity contribution in [2.24, 2.45) is 0 Å². The van der Waals surface area contributed by atoms with Gasteiger partial charge in [0.2, 0.25) is 5.88 Å². The summed E-state index contributed by atoms with van der Waals surface area (Å²) in [5.41, 5.74) is 8.02. The summed E-state index contributed by atoms with van der Waals surface area (Å²) in [7, 11) is 0. The maximum atomic E-state index is 11.4. The molecule has 0 saturated heterocycles. The van der Waals surface area contributed by atoms with Gasteiger partial charge in [0.15, 0.2) is 0 Å².